The highest BCUT2D eigenvalue weighted by atomic mass is 16.6. The van der Waals surface area contributed by atoms with Crippen molar-refractivity contribution < 1.29 is 23.9 Å². The Bertz CT molecular complexity index is 584. The van der Waals surface area contributed by atoms with Gasteiger partial charge in [-0.2, -0.15) is 0 Å². The maximum absolute atomic E-state index is 12.3. The van der Waals surface area contributed by atoms with E-state index in [1.165, 1.54) is 4.90 Å². The summed E-state index contributed by atoms with van der Waals surface area (Å²) in [6.45, 7) is 5.35. The van der Waals surface area contributed by atoms with E-state index in [1.807, 2.05) is 19.1 Å². The van der Waals surface area contributed by atoms with Crippen LogP contribution in [0.1, 0.15) is 19.4 Å². The Labute approximate surface area is 135 Å². The van der Waals surface area contributed by atoms with Crippen molar-refractivity contribution in [2.45, 2.75) is 20.8 Å². The SMILES string of the molecule is CCOC(=O)C(=CC(=O)N(C)c1ccc(C)cc1)C(=O)OCC. The van der Waals surface area contributed by atoms with Gasteiger partial charge in [0, 0.05) is 18.8 Å². The van der Waals surface area contributed by atoms with E-state index in [2.05, 4.69) is 0 Å². The zero-order chi connectivity index (χ0) is 17.4. The molecule has 0 bridgehead atoms. The fourth-order valence-electron chi connectivity index (χ4n) is 1.73. The molecule has 0 aliphatic heterocycles. The predicted octanol–water partition coefficient (Wildman–Crippen LogP) is 2.01. The molecule has 1 aromatic carbocycles. The molecule has 0 fully saturated rings. The van der Waals surface area contributed by atoms with E-state index in [9.17, 15) is 14.4 Å². The van der Waals surface area contributed by atoms with Gasteiger partial charge < -0.3 is 14.4 Å². The van der Waals surface area contributed by atoms with Crippen LogP contribution < -0.4 is 4.90 Å². The van der Waals surface area contributed by atoms with E-state index < -0.39 is 23.4 Å². The molecule has 0 unspecified atom stereocenters. The molecule has 6 nitrogen and oxygen atoms in total. The Morgan fingerprint density at radius 3 is 1.91 bits per heavy atom. The Kier molecular flexibility index (Phi) is 6.99. The van der Waals surface area contributed by atoms with Gasteiger partial charge in [0.15, 0.2) is 0 Å². The molecule has 0 aromatic heterocycles. The predicted molar refractivity (Wildman–Crippen MR) is 85.9 cm³/mol. The van der Waals surface area contributed by atoms with Crippen LogP contribution in [-0.4, -0.2) is 38.1 Å². The summed E-state index contributed by atoms with van der Waals surface area (Å²) in [6.07, 6.45) is 0.940. The van der Waals surface area contributed by atoms with Gasteiger partial charge in [0.2, 0.25) is 0 Å². The number of amides is 1. The van der Waals surface area contributed by atoms with Crippen molar-refractivity contribution in [2.24, 2.45) is 0 Å². The van der Waals surface area contributed by atoms with Gasteiger partial charge >= 0.3 is 11.9 Å². The molecule has 0 N–H and O–H groups in total. The first kappa shape index (κ1) is 18.4. The standard InChI is InChI=1S/C17H21NO5/c1-5-22-16(20)14(17(21)23-6-2)11-15(19)18(4)13-9-7-12(3)8-10-13/h7-11H,5-6H2,1-4H3. The van der Waals surface area contributed by atoms with Crippen molar-refractivity contribution in [1.82, 2.24) is 0 Å². The molecule has 1 aromatic rings. The van der Waals surface area contributed by atoms with E-state index in [-0.39, 0.29) is 13.2 Å². The average Bonchev–Trinajstić information content (AvgIpc) is 2.52. The number of likely N-dealkylation sites (N-methyl/N-ethyl adjacent to an activating group) is 1. The largest absolute Gasteiger partial charge is 0.462 e. The van der Waals surface area contributed by atoms with E-state index in [1.54, 1.807) is 33.0 Å². The lowest BCUT2D eigenvalue weighted by Gasteiger charge is -2.16. The average molecular weight is 319 g/mol. The number of esters is 2. The van der Waals surface area contributed by atoms with Gasteiger partial charge in [-0.3, -0.25) is 4.79 Å². The Morgan fingerprint density at radius 1 is 1.00 bits per heavy atom. The maximum atomic E-state index is 12.3. The van der Waals surface area contributed by atoms with Crippen LogP contribution in [0, 0.1) is 6.92 Å². The molecule has 6 heteroatoms. The molecular formula is C17H21NO5. The molecule has 1 rings (SSSR count). The van der Waals surface area contributed by atoms with Crippen molar-refractivity contribution >= 4 is 23.5 Å². The smallest absolute Gasteiger partial charge is 0.345 e. The van der Waals surface area contributed by atoms with E-state index in [0.29, 0.717) is 5.69 Å². The first-order valence-electron chi connectivity index (χ1n) is 7.31. The van der Waals surface area contributed by atoms with Crippen molar-refractivity contribution in [1.29, 1.82) is 0 Å². The van der Waals surface area contributed by atoms with Gasteiger partial charge in [-0.25, -0.2) is 9.59 Å². The highest BCUT2D eigenvalue weighted by molar-refractivity contribution is 6.19. The zero-order valence-electron chi connectivity index (χ0n) is 13.8. The summed E-state index contributed by atoms with van der Waals surface area (Å²) < 4.78 is 9.59. The summed E-state index contributed by atoms with van der Waals surface area (Å²) in [4.78, 5) is 37.3. The number of carbonyl (C=O) groups excluding carboxylic acids is 3. The first-order chi connectivity index (χ1) is 10.9. The number of nitrogens with zero attached hydrogens (tertiary/aromatic N) is 1. The van der Waals surface area contributed by atoms with Crippen LogP contribution in [0.3, 0.4) is 0 Å². The molecule has 0 radical (unpaired) electrons. The third kappa shape index (κ3) is 5.25. The summed E-state index contributed by atoms with van der Waals surface area (Å²) in [6, 6.07) is 7.27. The van der Waals surface area contributed by atoms with Gasteiger partial charge in [-0.15, -0.1) is 0 Å². The van der Waals surface area contributed by atoms with Crippen molar-refractivity contribution in [3.63, 3.8) is 0 Å². The molecule has 124 valence electrons. The molecule has 0 saturated carbocycles. The van der Waals surface area contributed by atoms with Gasteiger partial charge in [-0.05, 0) is 32.9 Å². The fourth-order valence-corrected chi connectivity index (χ4v) is 1.73. The van der Waals surface area contributed by atoms with Crippen LogP contribution in [0.5, 0.6) is 0 Å². The fraction of sp³-hybridized carbons (Fsp3) is 0.353. The number of aryl methyl sites for hydroxylation is 1. The monoisotopic (exact) mass is 319 g/mol. The number of benzene rings is 1. The van der Waals surface area contributed by atoms with Gasteiger partial charge in [0.05, 0.1) is 13.2 Å². The second-order valence-corrected chi connectivity index (χ2v) is 4.73. The molecule has 0 atom stereocenters. The zero-order valence-corrected chi connectivity index (χ0v) is 13.8. The summed E-state index contributed by atoms with van der Waals surface area (Å²) in [5.41, 5.74) is 1.28. The third-order valence-electron chi connectivity index (χ3n) is 3.01. The van der Waals surface area contributed by atoms with Crippen molar-refractivity contribution in [3.05, 3.63) is 41.5 Å². The lowest BCUT2D eigenvalue weighted by atomic mass is 10.2. The van der Waals surface area contributed by atoms with Gasteiger partial charge in [0.25, 0.3) is 5.91 Å². The lowest BCUT2D eigenvalue weighted by Crippen LogP contribution is -2.27. The third-order valence-corrected chi connectivity index (χ3v) is 3.01. The van der Waals surface area contributed by atoms with Gasteiger partial charge in [-0.1, -0.05) is 17.7 Å². The number of carbonyl (C=O) groups is 3. The normalized spacial score (nSPS) is 9.74. The number of hydrogen-bond donors (Lipinski definition) is 0. The van der Waals surface area contributed by atoms with Crippen LogP contribution in [-0.2, 0) is 23.9 Å². The summed E-state index contributed by atoms with van der Waals surface area (Å²) in [5, 5.41) is 0. The quantitative estimate of drug-likeness (QED) is 0.347. The Balaban J connectivity index is 3.03. The number of hydrogen-bond acceptors (Lipinski definition) is 5. The summed E-state index contributed by atoms with van der Waals surface area (Å²) in [7, 11) is 1.55. The topological polar surface area (TPSA) is 72.9 Å². The molecule has 0 spiro atoms. The van der Waals surface area contributed by atoms with Crippen LogP contribution in [0.25, 0.3) is 0 Å². The van der Waals surface area contributed by atoms with E-state index in [0.717, 1.165) is 11.6 Å². The summed E-state index contributed by atoms with van der Waals surface area (Å²) in [5.74, 6) is -2.28. The van der Waals surface area contributed by atoms with E-state index in [4.69, 9.17) is 9.47 Å². The van der Waals surface area contributed by atoms with Gasteiger partial charge in [0.1, 0.15) is 5.57 Å². The highest BCUT2D eigenvalue weighted by Crippen LogP contribution is 2.14. The second-order valence-electron chi connectivity index (χ2n) is 4.73. The molecule has 0 aliphatic carbocycles. The number of rotatable bonds is 6. The minimum atomic E-state index is -0.878. The van der Waals surface area contributed by atoms with E-state index >= 15 is 0 Å². The van der Waals surface area contributed by atoms with Crippen LogP contribution in [0.2, 0.25) is 0 Å². The molecule has 0 heterocycles. The summed E-state index contributed by atoms with van der Waals surface area (Å²) >= 11 is 0. The number of ether oxygens (including phenoxy) is 2. The minimum absolute atomic E-state index is 0.0948. The molecule has 23 heavy (non-hydrogen) atoms. The Morgan fingerprint density at radius 2 is 1.48 bits per heavy atom. The highest BCUT2D eigenvalue weighted by Gasteiger charge is 2.23. The molecule has 0 aliphatic rings. The molecule has 1 amide bonds. The van der Waals surface area contributed by atoms with Crippen LogP contribution in [0.15, 0.2) is 35.9 Å². The number of anilines is 1. The Hall–Kier alpha value is -2.63. The molecule has 0 saturated heterocycles. The lowest BCUT2D eigenvalue weighted by molar-refractivity contribution is -0.146. The first-order valence-corrected chi connectivity index (χ1v) is 7.31. The van der Waals surface area contributed by atoms with Crippen LogP contribution >= 0.6 is 0 Å². The van der Waals surface area contributed by atoms with Crippen LogP contribution in [0.4, 0.5) is 5.69 Å². The maximum Gasteiger partial charge on any atom is 0.345 e. The second kappa shape index (κ2) is 8.73. The van der Waals surface area contributed by atoms with Crippen molar-refractivity contribution in [3.8, 4) is 0 Å². The van der Waals surface area contributed by atoms with Crippen molar-refractivity contribution in [2.75, 3.05) is 25.2 Å². The minimum Gasteiger partial charge on any atom is -0.462 e. The molecular weight excluding hydrogens is 298 g/mol.